The van der Waals surface area contributed by atoms with E-state index in [9.17, 15) is 8.42 Å². The smallest absolute Gasteiger partial charge is 0.199 e. The van der Waals surface area contributed by atoms with Crippen LogP contribution in [0.1, 0.15) is 17.0 Å². The second kappa shape index (κ2) is 8.09. The van der Waals surface area contributed by atoms with E-state index in [-0.39, 0.29) is 4.90 Å². The number of hydrogen-bond acceptors (Lipinski definition) is 4. The number of hydrogen-bond donors (Lipinski definition) is 0. The van der Waals surface area contributed by atoms with Gasteiger partial charge in [0.2, 0.25) is 0 Å². The van der Waals surface area contributed by atoms with Crippen molar-refractivity contribution >= 4 is 21.4 Å². The Labute approximate surface area is 181 Å². The van der Waals surface area contributed by atoms with Crippen molar-refractivity contribution in [3.8, 4) is 22.6 Å². The predicted octanol–water partition coefficient (Wildman–Crippen LogP) is 5.96. The van der Waals surface area contributed by atoms with Gasteiger partial charge in [0, 0.05) is 23.8 Å². The standard InChI is InChI=1S/C24H20ClNO3S/c1-16-7-6-10-20(25)22(16)23-24(18-11-13-19(14-12-18)30(2,27)28)29-21(26-23)15-17-8-4-3-5-9-17/h3-14H,15H2,1-2H3. The summed E-state index contributed by atoms with van der Waals surface area (Å²) in [6.07, 6.45) is 1.73. The maximum absolute atomic E-state index is 11.8. The van der Waals surface area contributed by atoms with Crippen LogP contribution in [-0.4, -0.2) is 19.7 Å². The number of aryl methyl sites for hydroxylation is 1. The van der Waals surface area contributed by atoms with Gasteiger partial charge >= 0.3 is 0 Å². The zero-order chi connectivity index (χ0) is 21.3. The van der Waals surface area contributed by atoms with E-state index in [1.54, 1.807) is 24.3 Å². The summed E-state index contributed by atoms with van der Waals surface area (Å²) in [5, 5.41) is 0.587. The van der Waals surface area contributed by atoms with Gasteiger partial charge in [0.25, 0.3) is 0 Å². The summed E-state index contributed by atoms with van der Waals surface area (Å²) in [6, 6.07) is 22.3. The molecule has 30 heavy (non-hydrogen) atoms. The molecule has 0 bridgehead atoms. The molecule has 4 rings (SSSR count). The molecule has 0 radical (unpaired) electrons. The lowest BCUT2D eigenvalue weighted by molar-refractivity contribution is 0.519. The number of aromatic nitrogens is 1. The van der Waals surface area contributed by atoms with Crippen LogP contribution in [0.5, 0.6) is 0 Å². The molecule has 152 valence electrons. The molecule has 0 aliphatic rings. The molecule has 0 unspecified atom stereocenters. The topological polar surface area (TPSA) is 60.2 Å². The van der Waals surface area contributed by atoms with E-state index in [0.29, 0.717) is 28.8 Å². The zero-order valence-corrected chi connectivity index (χ0v) is 18.2. The number of nitrogens with zero attached hydrogens (tertiary/aromatic N) is 1. The van der Waals surface area contributed by atoms with Crippen molar-refractivity contribution in [1.82, 2.24) is 4.98 Å². The third kappa shape index (κ3) is 4.18. The molecule has 0 amide bonds. The highest BCUT2D eigenvalue weighted by molar-refractivity contribution is 7.90. The molecule has 0 aliphatic carbocycles. The van der Waals surface area contributed by atoms with Crippen LogP contribution in [-0.2, 0) is 16.3 Å². The van der Waals surface area contributed by atoms with Gasteiger partial charge in [0.15, 0.2) is 21.5 Å². The normalized spacial score (nSPS) is 11.6. The molecule has 0 atom stereocenters. The first-order valence-corrected chi connectivity index (χ1v) is 11.7. The summed E-state index contributed by atoms with van der Waals surface area (Å²) in [5.41, 5.74) is 4.26. The first-order valence-electron chi connectivity index (χ1n) is 9.42. The van der Waals surface area contributed by atoms with Crippen molar-refractivity contribution in [3.63, 3.8) is 0 Å². The number of oxazole rings is 1. The number of benzene rings is 3. The molecule has 4 aromatic rings. The molecule has 4 nitrogen and oxygen atoms in total. The minimum absolute atomic E-state index is 0.255. The van der Waals surface area contributed by atoms with Gasteiger partial charge in [0.05, 0.1) is 9.92 Å². The first kappa shape index (κ1) is 20.4. The molecule has 0 fully saturated rings. The van der Waals surface area contributed by atoms with Gasteiger partial charge in [-0.2, -0.15) is 0 Å². The van der Waals surface area contributed by atoms with E-state index in [1.807, 2.05) is 55.5 Å². The highest BCUT2D eigenvalue weighted by Gasteiger charge is 2.21. The van der Waals surface area contributed by atoms with Crippen molar-refractivity contribution in [1.29, 1.82) is 0 Å². The monoisotopic (exact) mass is 437 g/mol. The highest BCUT2D eigenvalue weighted by atomic mass is 35.5. The summed E-state index contributed by atoms with van der Waals surface area (Å²) in [5.74, 6) is 1.13. The molecule has 0 N–H and O–H groups in total. The van der Waals surface area contributed by atoms with Crippen LogP contribution in [0.25, 0.3) is 22.6 Å². The van der Waals surface area contributed by atoms with Gasteiger partial charge in [-0.15, -0.1) is 0 Å². The van der Waals surface area contributed by atoms with E-state index in [4.69, 9.17) is 21.0 Å². The first-order chi connectivity index (χ1) is 14.3. The molecule has 0 aliphatic heterocycles. The maximum Gasteiger partial charge on any atom is 0.199 e. The third-order valence-corrected chi connectivity index (χ3v) is 6.32. The molecule has 1 heterocycles. The fourth-order valence-electron chi connectivity index (χ4n) is 3.36. The largest absolute Gasteiger partial charge is 0.440 e. The lowest BCUT2D eigenvalue weighted by atomic mass is 10.0. The Kier molecular flexibility index (Phi) is 5.50. The van der Waals surface area contributed by atoms with Crippen LogP contribution in [0.15, 0.2) is 82.1 Å². The maximum atomic E-state index is 11.8. The Bertz CT molecular complexity index is 1270. The van der Waals surface area contributed by atoms with Crippen molar-refractivity contribution in [2.24, 2.45) is 0 Å². The minimum atomic E-state index is -3.28. The second-order valence-electron chi connectivity index (χ2n) is 7.18. The second-order valence-corrected chi connectivity index (χ2v) is 9.60. The van der Waals surface area contributed by atoms with Gasteiger partial charge in [-0.25, -0.2) is 13.4 Å². The summed E-state index contributed by atoms with van der Waals surface area (Å²) in [6.45, 7) is 1.98. The van der Waals surface area contributed by atoms with Crippen LogP contribution < -0.4 is 0 Å². The average Bonchev–Trinajstić information content (AvgIpc) is 3.11. The van der Waals surface area contributed by atoms with Gasteiger partial charge in [0.1, 0.15) is 5.69 Å². The zero-order valence-electron chi connectivity index (χ0n) is 16.6. The quantitative estimate of drug-likeness (QED) is 0.386. The molecule has 0 spiro atoms. The number of halogens is 1. The Morgan fingerprint density at radius 2 is 1.63 bits per heavy atom. The Morgan fingerprint density at radius 3 is 2.27 bits per heavy atom. The Balaban J connectivity index is 1.85. The van der Waals surface area contributed by atoms with E-state index >= 15 is 0 Å². The molecule has 1 aromatic heterocycles. The Morgan fingerprint density at radius 1 is 0.933 bits per heavy atom. The van der Waals surface area contributed by atoms with Crippen molar-refractivity contribution < 1.29 is 12.8 Å². The third-order valence-electron chi connectivity index (χ3n) is 4.87. The summed E-state index contributed by atoms with van der Waals surface area (Å²) in [7, 11) is -3.28. The molecule has 6 heteroatoms. The summed E-state index contributed by atoms with van der Waals surface area (Å²) in [4.78, 5) is 5.03. The van der Waals surface area contributed by atoms with Gasteiger partial charge in [-0.05, 0) is 48.4 Å². The van der Waals surface area contributed by atoms with Gasteiger partial charge in [-0.3, -0.25) is 0 Å². The lowest BCUT2D eigenvalue weighted by Gasteiger charge is -2.07. The van der Waals surface area contributed by atoms with Gasteiger partial charge in [-0.1, -0.05) is 54.1 Å². The lowest BCUT2D eigenvalue weighted by Crippen LogP contribution is -1.96. The molecule has 3 aromatic carbocycles. The van der Waals surface area contributed by atoms with E-state index in [0.717, 1.165) is 22.3 Å². The number of rotatable bonds is 5. The predicted molar refractivity (Wildman–Crippen MR) is 119 cm³/mol. The van der Waals surface area contributed by atoms with Crippen LogP contribution in [0, 0.1) is 6.92 Å². The Hall–Kier alpha value is -2.89. The summed E-state index contributed by atoms with van der Waals surface area (Å²) < 4.78 is 29.8. The van der Waals surface area contributed by atoms with E-state index in [2.05, 4.69) is 0 Å². The SMILES string of the molecule is Cc1cccc(Cl)c1-c1nc(Cc2ccccc2)oc1-c1ccc(S(C)(=O)=O)cc1. The average molecular weight is 438 g/mol. The van der Waals surface area contributed by atoms with Crippen molar-refractivity contribution in [3.05, 3.63) is 94.8 Å². The van der Waals surface area contributed by atoms with Crippen molar-refractivity contribution in [2.45, 2.75) is 18.2 Å². The van der Waals surface area contributed by atoms with Crippen LogP contribution in [0.3, 0.4) is 0 Å². The molecule has 0 saturated carbocycles. The molecule has 0 saturated heterocycles. The number of sulfone groups is 1. The summed E-state index contributed by atoms with van der Waals surface area (Å²) >= 11 is 6.52. The van der Waals surface area contributed by atoms with Gasteiger partial charge < -0.3 is 4.42 Å². The fraction of sp³-hybridized carbons (Fsp3) is 0.125. The van der Waals surface area contributed by atoms with Crippen LogP contribution in [0.4, 0.5) is 0 Å². The van der Waals surface area contributed by atoms with E-state index in [1.165, 1.54) is 6.26 Å². The molecular weight excluding hydrogens is 418 g/mol. The fourth-order valence-corrected chi connectivity index (χ4v) is 4.30. The minimum Gasteiger partial charge on any atom is -0.440 e. The van der Waals surface area contributed by atoms with E-state index < -0.39 is 9.84 Å². The van der Waals surface area contributed by atoms with Crippen LogP contribution in [0.2, 0.25) is 5.02 Å². The molecular formula is C24H20ClNO3S. The van der Waals surface area contributed by atoms with Crippen LogP contribution >= 0.6 is 11.6 Å². The highest BCUT2D eigenvalue weighted by Crippen LogP contribution is 2.38. The van der Waals surface area contributed by atoms with Crippen molar-refractivity contribution in [2.75, 3.05) is 6.26 Å².